The van der Waals surface area contributed by atoms with Crippen LogP contribution in [0.1, 0.15) is 65.7 Å². The van der Waals surface area contributed by atoms with E-state index >= 15 is 8.78 Å². The van der Waals surface area contributed by atoms with Crippen molar-refractivity contribution in [3.05, 3.63) is 0 Å². The summed E-state index contributed by atoms with van der Waals surface area (Å²) in [4.78, 5) is 12.2. The molecular weight excluding hydrogens is 444 g/mol. The number of rotatable bonds is 4. The van der Waals surface area contributed by atoms with E-state index < -0.39 is 59.5 Å². The van der Waals surface area contributed by atoms with Crippen LogP contribution in [0, 0.1) is 11.8 Å². The van der Waals surface area contributed by atoms with Crippen molar-refractivity contribution in [1.29, 1.82) is 0 Å². The molecule has 1 saturated carbocycles. The lowest BCUT2D eigenvalue weighted by Gasteiger charge is -2.58. The molecule has 2 rings (SSSR count). The van der Waals surface area contributed by atoms with Crippen molar-refractivity contribution in [3.8, 4) is 0 Å². The summed E-state index contributed by atoms with van der Waals surface area (Å²) < 4.78 is 123. The van der Waals surface area contributed by atoms with Crippen molar-refractivity contribution in [2.75, 3.05) is 0 Å². The minimum Gasteiger partial charge on any atom is -0.452 e. The lowest BCUT2D eigenvalue weighted by molar-refractivity contribution is -0.523. The van der Waals surface area contributed by atoms with Gasteiger partial charge in [-0.3, -0.25) is 4.79 Å². The van der Waals surface area contributed by atoms with Crippen LogP contribution in [-0.4, -0.2) is 46.3 Å². The molecule has 0 aromatic carbocycles. The normalized spacial score (nSPS) is 36.1. The molecular formula is C19H26F8O4. The predicted molar refractivity (Wildman–Crippen MR) is 91.0 cm³/mol. The number of esters is 1. The molecule has 4 atom stereocenters. The predicted octanol–water partition coefficient (Wildman–Crippen LogP) is 5.52. The fourth-order valence-electron chi connectivity index (χ4n) is 4.35. The molecule has 4 unspecified atom stereocenters. The number of alkyl halides is 8. The van der Waals surface area contributed by atoms with Crippen LogP contribution in [-0.2, 0) is 14.3 Å². The van der Waals surface area contributed by atoms with E-state index in [4.69, 9.17) is 0 Å². The van der Waals surface area contributed by atoms with Crippen LogP contribution in [0.5, 0.6) is 0 Å². The highest BCUT2D eigenvalue weighted by atomic mass is 19.4. The Morgan fingerprint density at radius 2 is 1.61 bits per heavy atom. The molecule has 2 aliphatic rings. The van der Waals surface area contributed by atoms with Gasteiger partial charge in [0.05, 0.1) is 5.92 Å². The first kappa shape index (κ1) is 26.1. The average Bonchev–Trinajstić information content (AvgIpc) is 2.64. The van der Waals surface area contributed by atoms with E-state index in [0.717, 1.165) is 0 Å². The fourth-order valence-corrected chi connectivity index (χ4v) is 4.35. The lowest BCUT2D eigenvalue weighted by Crippen LogP contribution is -2.80. The lowest BCUT2D eigenvalue weighted by atomic mass is 9.67. The van der Waals surface area contributed by atoms with E-state index in [1.165, 1.54) is 13.8 Å². The summed E-state index contributed by atoms with van der Waals surface area (Å²) in [5.41, 5.74) is -7.42. The molecule has 0 bridgehead atoms. The molecule has 1 aliphatic carbocycles. The van der Waals surface area contributed by atoms with Gasteiger partial charge in [-0.05, 0) is 32.1 Å². The molecule has 182 valence electrons. The number of halogens is 8. The van der Waals surface area contributed by atoms with E-state index in [-0.39, 0.29) is 39.0 Å². The van der Waals surface area contributed by atoms with Gasteiger partial charge in [0.2, 0.25) is 0 Å². The monoisotopic (exact) mass is 470 g/mol. The van der Waals surface area contributed by atoms with Crippen LogP contribution in [0.3, 0.4) is 0 Å². The first-order valence-electron chi connectivity index (χ1n) is 10.0. The van der Waals surface area contributed by atoms with E-state index in [2.05, 4.69) is 9.47 Å². The molecule has 0 aromatic rings. The van der Waals surface area contributed by atoms with Gasteiger partial charge in [-0.2, -0.15) is 35.1 Å². The standard InChI is InChI=1S/C19H26F8O4/c1-4-11(2)13(28)30-14(3)10-15(18(22,23)24,12-8-6-5-7-9-12)31-17(29,16(14,20)21)19(25,26)27/h11-12,29H,4-10H2,1-3H3. The Kier molecular flexibility index (Phi) is 6.73. The molecule has 2 fully saturated rings. The summed E-state index contributed by atoms with van der Waals surface area (Å²) in [5, 5.41) is 10.0. The van der Waals surface area contributed by atoms with E-state index in [0.29, 0.717) is 6.42 Å². The second-order valence-electron chi connectivity index (χ2n) is 8.68. The maximum atomic E-state index is 15.1. The van der Waals surface area contributed by atoms with Crippen LogP contribution in [0.4, 0.5) is 35.1 Å². The number of hydrogen-bond acceptors (Lipinski definition) is 4. The van der Waals surface area contributed by atoms with Crippen LogP contribution >= 0.6 is 0 Å². The van der Waals surface area contributed by atoms with Crippen molar-refractivity contribution in [2.45, 2.75) is 101 Å². The molecule has 0 amide bonds. The Morgan fingerprint density at radius 3 is 2.03 bits per heavy atom. The Morgan fingerprint density at radius 1 is 1.10 bits per heavy atom. The van der Waals surface area contributed by atoms with Gasteiger partial charge >= 0.3 is 30.0 Å². The molecule has 1 N–H and O–H groups in total. The smallest absolute Gasteiger partial charge is 0.449 e. The van der Waals surface area contributed by atoms with Crippen LogP contribution in [0.15, 0.2) is 0 Å². The highest BCUT2D eigenvalue weighted by molar-refractivity contribution is 5.72. The zero-order valence-corrected chi connectivity index (χ0v) is 17.3. The average molecular weight is 470 g/mol. The minimum atomic E-state index is -6.31. The summed E-state index contributed by atoms with van der Waals surface area (Å²) in [5.74, 6) is -15.0. The molecule has 4 nitrogen and oxygen atoms in total. The third-order valence-corrected chi connectivity index (χ3v) is 6.49. The number of hydrogen-bond donors (Lipinski definition) is 1. The molecule has 0 spiro atoms. The van der Waals surface area contributed by atoms with Crippen molar-refractivity contribution < 1.29 is 54.5 Å². The van der Waals surface area contributed by atoms with Gasteiger partial charge in [0, 0.05) is 6.42 Å². The van der Waals surface area contributed by atoms with Crippen molar-refractivity contribution in [1.82, 2.24) is 0 Å². The Labute approximate surface area is 174 Å². The third-order valence-electron chi connectivity index (χ3n) is 6.49. The molecule has 31 heavy (non-hydrogen) atoms. The van der Waals surface area contributed by atoms with Crippen molar-refractivity contribution in [2.24, 2.45) is 11.8 Å². The molecule has 1 saturated heterocycles. The van der Waals surface area contributed by atoms with Gasteiger partial charge in [-0.1, -0.05) is 33.1 Å². The second kappa shape index (κ2) is 8.00. The topological polar surface area (TPSA) is 55.8 Å². The van der Waals surface area contributed by atoms with Crippen LogP contribution < -0.4 is 0 Å². The Balaban J connectivity index is 2.73. The Hall–Kier alpha value is -1.17. The maximum Gasteiger partial charge on any atom is 0.449 e. The van der Waals surface area contributed by atoms with Crippen molar-refractivity contribution >= 4 is 5.97 Å². The number of carbonyl (C=O) groups excluding carboxylic acids is 1. The first-order chi connectivity index (χ1) is 13.9. The number of ether oxygens (including phenoxy) is 2. The van der Waals surface area contributed by atoms with Gasteiger partial charge in [-0.15, -0.1) is 0 Å². The first-order valence-corrected chi connectivity index (χ1v) is 10.0. The second-order valence-corrected chi connectivity index (χ2v) is 8.68. The molecule has 12 heteroatoms. The highest BCUT2D eigenvalue weighted by Gasteiger charge is 2.86. The number of carbonyl (C=O) groups is 1. The van der Waals surface area contributed by atoms with E-state index in [1.54, 1.807) is 0 Å². The maximum absolute atomic E-state index is 15.1. The fraction of sp³-hybridized carbons (Fsp3) is 0.947. The summed E-state index contributed by atoms with van der Waals surface area (Å²) in [6, 6.07) is 0. The van der Waals surface area contributed by atoms with Crippen molar-refractivity contribution in [3.63, 3.8) is 0 Å². The Bertz CT molecular complexity index is 673. The zero-order valence-electron chi connectivity index (χ0n) is 17.3. The van der Waals surface area contributed by atoms with Gasteiger partial charge in [0.1, 0.15) is 0 Å². The largest absolute Gasteiger partial charge is 0.452 e. The van der Waals surface area contributed by atoms with Gasteiger partial charge in [-0.25, -0.2) is 0 Å². The van der Waals surface area contributed by atoms with E-state index in [9.17, 15) is 36.2 Å². The highest BCUT2D eigenvalue weighted by Crippen LogP contribution is 2.63. The SMILES string of the molecule is CCC(C)C(=O)OC1(C)CC(C2CCCCC2)(C(F)(F)F)OC(O)(C(F)(F)F)C1(F)F. The quantitative estimate of drug-likeness (QED) is 0.434. The summed E-state index contributed by atoms with van der Waals surface area (Å²) in [6.07, 6.45) is -13.1. The molecule has 1 heterocycles. The zero-order chi connectivity index (χ0) is 24.1. The summed E-state index contributed by atoms with van der Waals surface area (Å²) in [7, 11) is 0. The minimum absolute atomic E-state index is 0.0492. The van der Waals surface area contributed by atoms with Gasteiger partial charge < -0.3 is 14.6 Å². The van der Waals surface area contributed by atoms with Crippen LogP contribution in [0.2, 0.25) is 0 Å². The number of aliphatic hydroxyl groups is 1. The molecule has 0 radical (unpaired) electrons. The summed E-state index contributed by atoms with van der Waals surface area (Å²) >= 11 is 0. The molecule has 1 aliphatic heterocycles. The summed E-state index contributed by atoms with van der Waals surface area (Å²) in [6.45, 7) is 2.98. The van der Waals surface area contributed by atoms with Gasteiger partial charge in [0.15, 0.2) is 11.2 Å². The van der Waals surface area contributed by atoms with E-state index in [1.807, 2.05) is 0 Å². The third kappa shape index (κ3) is 4.02. The molecule has 0 aromatic heterocycles. The van der Waals surface area contributed by atoms with Gasteiger partial charge in [0.25, 0.3) is 0 Å². The van der Waals surface area contributed by atoms with Crippen LogP contribution in [0.25, 0.3) is 0 Å².